The number of pyridine rings is 1. The molecule has 0 amide bonds. The lowest BCUT2D eigenvalue weighted by molar-refractivity contribution is 0.0600. The normalized spacial score (nSPS) is 10.6. The van der Waals surface area contributed by atoms with Crippen molar-refractivity contribution in [2.45, 2.75) is 0 Å². The van der Waals surface area contributed by atoms with Crippen molar-refractivity contribution < 1.29 is 9.53 Å². The predicted octanol–water partition coefficient (Wildman–Crippen LogP) is 2.81. The maximum absolute atomic E-state index is 11.6. The second-order valence-corrected chi connectivity index (χ2v) is 4.14. The number of methoxy groups -OCH3 is 1. The fourth-order valence-corrected chi connectivity index (χ4v) is 2.08. The Morgan fingerprint density at radius 3 is 2.95 bits per heavy atom. The van der Waals surface area contributed by atoms with Crippen molar-refractivity contribution in [3.8, 4) is 5.69 Å². The van der Waals surface area contributed by atoms with Gasteiger partial charge in [-0.25, -0.2) is 9.78 Å². The first-order valence-electron chi connectivity index (χ1n) is 5.90. The Morgan fingerprint density at radius 2 is 2.11 bits per heavy atom. The first kappa shape index (κ1) is 11.5. The van der Waals surface area contributed by atoms with E-state index in [9.17, 15) is 4.79 Å². The first-order chi connectivity index (χ1) is 9.29. The van der Waals surface area contributed by atoms with Crippen LogP contribution in [0.2, 0.25) is 0 Å². The van der Waals surface area contributed by atoms with E-state index in [0.717, 1.165) is 16.7 Å². The number of hydrogen-bond donors (Lipinski definition) is 0. The summed E-state index contributed by atoms with van der Waals surface area (Å²) >= 11 is 0. The number of nitrogens with zero attached hydrogens (tertiary/aromatic N) is 2. The Hall–Kier alpha value is -2.62. The Labute approximate surface area is 110 Å². The maximum atomic E-state index is 11.6. The van der Waals surface area contributed by atoms with E-state index in [1.165, 1.54) is 7.11 Å². The second kappa shape index (κ2) is 4.57. The van der Waals surface area contributed by atoms with Crippen LogP contribution in [0.3, 0.4) is 0 Å². The molecule has 0 fully saturated rings. The number of fused-ring (bicyclic) bond motifs is 1. The van der Waals surface area contributed by atoms with Crippen molar-refractivity contribution in [3.05, 3.63) is 60.4 Å². The molecule has 0 saturated carbocycles. The first-order valence-corrected chi connectivity index (χ1v) is 5.90. The van der Waals surface area contributed by atoms with Gasteiger partial charge in [0.1, 0.15) is 5.65 Å². The molecule has 3 rings (SSSR count). The van der Waals surface area contributed by atoms with Crippen LogP contribution in [0, 0.1) is 0 Å². The van der Waals surface area contributed by atoms with Gasteiger partial charge in [0.15, 0.2) is 0 Å². The number of hydrogen-bond acceptors (Lipinski definition) is 3. The Balaban J connectivity index is 2.14. The number of ether oxygens (including phenoxy) is 1. The van der Waals surface area contributed by atoms with Crippen molar-refractivity contribution in [2.75, 3.05) is 7.11 Å². The largest absolute Gasteiger partial charge is 0.465 e. The fourth-order valence-electron chi connectivity index (χ4n) is 2.08. The van der Waals surface area contributed by atoms with Crippen LogP contribution in [0.1, 0.15) is 10.4 Å². The SMILES string of the molecule is COC(=O)c1cccc(-n2ccc3cccnc32)c1. The van der Waals surface area contributed by atoms with Gasteiger partial charge >= 0.3 is 5.97 Å². The summed E-state index contributed by atoms with van der Waals surface area (Å²) in [7, 11) is 1.38. The molecule has 4 heteroatoms. The van der Waals surface area contributed by atoms with Crippen molar-refractivity contribution in [2.24, 2.45) is 0 Å². The zero-order valence-corrected chi connectivity index (χ0v) is 10.4. The van der Waals surface area contributed by atoms with Gasteiger partial charge in [0.25, 0.3) is 0 Å². The van der Waals surface area contributed by atoms with Gasteiger partial charge in [-0.3, -0.25) is 0 Å². The predicted molar refractivity (Wildman–Crippen MR) is 72.4 cm³/mol. The topological polar surface area (TPSA) is 44.1 Å². The summed E-state index contributed by atoms with van der Waals surface area (Å²) in [6, 6.07) is 13.2. The van der Waals surface area contributed by atoms with Crippen molar-refractivity contribution >= 4 is 17.0 Å². The van der Waals surface area contributed by atoms with E-state index >= 15 is 0 Å². The Bertz CT molecular complexity index is 746. The molecule has 0 aliphatic heterocycles. The summed E-state index contributed by atoms with van der Waals surface area (Å²) in [6.45, 7) is 0. The highest BCUT2D eigenvalue weighted by Crippen LogP contribution is 2.19. The molecular weight excluding hydrogens is 240 g/mol. The molecule has 19 heavy (non-hydrogen) atoms. The molecule has 2 aromatic heterocycles. The lowest BCUT2D eigenvalue weighted by atomic mass is 10.2. The maximum Gasteiger partial charge on any atom is 0.337 e. The molecule has 4 nitrogen and oxygen atoms in total. The van der Waals surface area contributed by atoms with Gasteiger partial charge < -0.3 is 9.30 Å². The lowest BCUT2D eigenvalue weighted by Gasteiger charge is -2.06. The van der Waals surface area contributed by atoms with Crippen molar-refractivity contribution in [3.63, 3.8) is 0 Å². The molecule has 1 aromatic carbocycles. The number of rotatable bonds is 2. The molecule has 94 valence electrons. The molecule has 0 N–H and O–H groups in total. The molecule has 2 heterocycles. The van der Waals surface area contributed by atoms with E-state index in [0.29, 0.717) is 5.56 Å². The van der Waals surface area contributed by atoms with Gasteiger partial charge in [-0.05, 0) is 36.4 Å². The van der Waals surface area contributed by atoms with Crippen LogP contribution in [0.25, 0.3) is 16.7 Å². The third kappa shape index (κ3) is 1.97. The molecule has 0 aliphatic carbocycles. The van der Waals surface area contributed by atoms with E-state index in [-0.39, 0.29) is 5.97 Å². The minimum Gasteiger partial charge on any atom is -0.465 e. The molecule has 0 radical (unpaired) electrons. The van der Waals surface area contributed by atoms with Gasteiger partial charge in [0, 0.05) is 23.5 Å². The zero-order chi connectivity index (χ0) is 13.2. The van der Waals surface area contributed by atoms with Crippen molar-refractivity contribution in [1.82, 2.24) is 9.55 Å². The van der Waals surface area contributed by atoms with Crippen LogP contribution in [0.15, 0.2) is 54.9 Å². The number of carbonyl (C=O) groups is 1. The fraction of sp³-hybridized carbons (Fsp3) is 0.0667. The van der Waals surface area contributed by atoms with Crippen LogP contribution in [-0.4, -0.2) is 22.6 Å². The molecule has 0 spiro atoms. The molecule has 0 saturated heterocycles. The van der Waals surface area contributed by atoms with Gasteiger partial charge in [-0.2, -0.15) is 0 Å². The van der Waals surface area contributed by atoms with Crippen LogP contribution in [0.5, 0.6) is 0 Å². The molecule has 0 atom stereocenters. The minimum absolute atomic E-state index is 0.341. The third-order valence-electron chi connectivity index (χ3n) is 2.99. The second-order valence-electron chi connectivity index (χ2n) is 4.14. The van der Waals surface area contributed by atoms with E-state index < -0.39 is 0 Å². The summed E-state index contributed by atoms with van der Waals surface area (Å²) in [5.41, 5.74) is 2.28. The summed E-state index contributed by atoms with van der Waals surface area (Å²) in [6.07, 6.45) is 3.69. The summed E-state index contributed by atoms with van der Waals surface area (Å²) in [5.74, 6) is -0.341. The third-order valence-corrected chi connectivity index (χ3v) is 2.99. The standard InChI is InChI=1S/C15H12N2O2/c1-19-15(18)12-4-2-6-13(10-12)17-9-7-11-5-3-8-16-14(11)17/h2-10H,1H3. The summed E-state index contributed by atoms with van der Waals surface area (Å²) in [4.78, 5) is 15.9. The van der Waals surface area contributed by atoms with Crippen molar-refractivity contribution in [1.29, 1.82) is 0 Å². The quantitative estimate of drug-likeness (QED) is 0.659. The highest BCUT2D eigenvalue weighted by Gasteiger charge is 2.08. The summed E-state index contributed by atoms with van der Waals surface area (Å²) in [5, 5.41) is 1.06. The highest BCUT2D eigenvalue weighted by atomic mass is 16.5. The monoisotopic (exact) mass is 252 g/mol. The molecule has 0 unspecified atom stereocenters. The zero-order valence-electron chi connectivity index (χ0n) is 10.4. The van der Waals surface area contributed by atoms with E-state index in [4.69, 9.17) is 4.74 Å². The van der Waals surface area contributed by atoms with Gasteiger partial charge in [-0.15, -0.1) is 0 Å². The van der Waals surface area contributed by atoms with Crippen LogP contribution in [0.4, 0.5) is 0 Å². The van der Waals surface area contributed by atoms with Gasteiger partial charge in [0.2, 0.25) is 0 Å². The molecule has 0 bridgehead atoms. The van der Waals surface area contributed by atoms with Gasteiger partial charge in [-0.1, -0.05) is 6.07 Å². The Kier molecular flexibility index (Phi) is 2.76. The molecule has 0 aliphatic rings. The van der Waals surface area contributed by atoms with Crippen LogP contribution >= 0.6 is 0 Å². The summed E-state index contributed by atoms with van der Waals surface area (Å²) < 4.78 is 6.68. The van der Waals surface area contributed by atoms with E-state index in [1.54, 1.807) is 18.3 Å². The highest BCUT2D eigenvalue weighted by molar-refractivity contribution is 5.90. The average molecular weight is 252 g/mol. The number of benzene rings is 1. The number of aromatic nitrogens is 2. The van der Waals surface area contributed by atoms with Crippen LogP contribution < -0.4 is 0 Å². The number of carbonyl (C=O) groups excluding carboxylic acids is 1. The van der Waals surface area contributed by atoms with E-state index in [2.05, 4.69) is 4.98 Å². The number of esters is 1. The smallest absolute Gasteiger partial charge is 0.337 e. The lowest BCUT2D eigenvalue weighted by Crippen LogP contribution is -2.02. The van der Waals surface area contributed by atoms with Gasteiger partial charge in [0.05, 0.1) is 12.7 Å². The average Bonchev–Trinajstić information content (AvgIpc) is 2.90. The molecular formula is C15H12N2O2. The Morgan fingerprint density at radius 1 is 1.21 bits per heavy atom. The molecule has 3 aromatic rings. The minimum atomic E-state index is -0.341. The van der Waals surface area contributed by atoms with Crippen LogP contribution in [-0.2, 0) is 4.74 Å². The van der Waals surface area contributed by atoms with E-state index in [1.807, 2.05) is 41.1 Å².